The van der Waals surface area contributed by atoms with Crippen molar-refractivity contribution in [1.82, 2.24) is 20.2 Å². The molecule has 2 amide bonds. The van der Waals surface area contributed by atoms with Crippen LogP contribution in [0, 0.1) is 18.8 Å². The fourth-order valence-electron chi connectivity index (χ4n) is 3.02. The zero-order valence-corrected chi connectivity index (χ0v) is 14.0. The van der Waals surface area contributed by atoms with Crippen molar-refractivity contribution in [1.29, 1.82) is 0 Å². The molecule has 0 aliphatic heterocycles. The lowest BCUT2D eigenvalue weighted by Gasteiger charge is -2.20. The van der Waals surface area contributed by atoms with Gasteiger partial charge in [0.2, 0.25) is 11.9 Å². The lowest BCUT2D eigenvalue weighted by atomic mass is 9.97. The highest BCUT2D eigenvalue weighted by atomic mass is 16.2. The molecule has 1 aliphatic rings. The molecule has 0 bridgehead atoms. The topological polar surface area (TPSA) is 101 Å². The summed E-state index contributed by atoms with van der Waals surface area (Å²) in [7, 11) is 1.70. The van der Waals surface area contributed by atoms with E-state index in [2.05, 4.69) is 22.2 Å². The standard InChI is InChI=1S/C16H25N5O2/c1-10-5-4-6-12(10)14(22)18-7-8-21(3)15(23)13-9-19-16(17)20-11(13)2/h9-10,12H,4-8H2,1-3H3,(H,18,22)(H2,17,19,20). The molecule has 7 heteroatoms. The van der Waals surface area contributed by atoms with Gasteiger partial charge in [0.05, 0.1) is 11.3 Å². The van der Waals surface area contributed by atoms with Gasteiger partial charge in [-0.15, -0.1) is 0 Å². The van der Waals surface area contributed by atoms with Gasteiger partial charge >= 0.3 is 0 Å². The Labute approximate surface area is 136 Å². The third-order valence-electron chi connectivity index (χ3n) is 4.52. The molecule has 2 atom stereocenters. The summed E-state index contributed by atoms with van der Waals surface area (Å²) in [5.41, 5.74) is 6.48. The zero-order valence-electron chi connectivity index (χ0n) is 14.0. The van der Waals surface area contributed by atoms with Gasteiger partial charge in [0, 0.05) is 32.3 Å². The minimum Gasteiger partial charge on any atom is -0.368 e. The van der Waals surface area contributed by atoms with E-state index >= 15 is 0 Å². The van der Waals surface area contributed by atoms with Gasteiger partial charge < -0.3 is 16.0 Å². The summed E-state index contributed by atoms with van der Waals surface area (Å²) in [5.74, 6) is 0.640. The van der Waals surface area contributed by atoms with Crippen molar-refractivity contribution >= 4 is 17.8 Å². The van der Waals surface area contributed by atoms with Crippen LogP contribution in [0.4, 0.5) is 5.95 Å². The van der Waals surface area contributed by atoms with E-state index in [-0.39, 0.29) is 23.7 Å². The van der Waals surface area contributed by atoms with Crippen LogP contribution in [0.2, 0.25) is 0 Å². The first kappa shape index (κ1) is 17.2. The van der Waals surface area contributed by atoms with Gasteiger partial charge in [0.15, 0.2) is 0 Å². The molecule has 1 aromatic rings. The first-order valence-corrected chi connectivity index (χ1v) is 8.02. The molecule has 0 radical (unpaired) electrons. The van der Waals surface area contributed by atoms with Crippen LogP contribution in [0.1, 0.15) is 42.2 Å². The number of nitrogen functional groups attached to an aromatic ring is 1. The van der Waals surface area contributed by atoms with Crippen molar-refractivity contribution in [3.05, 3.63) is 17.5 Å². The van der Waals surface area contributed by atoms with Crippen LogP contribution < -0.4 is 11.1 Å². The predicted octanol–water partition coefficient (Wildman–Crippen LogP) is 0.992. The SMILES string of the molecule is Cc1nc(N)ncc1C(=O)N(C)CCNC(=O)C1CCCC1C. The fourth-order valence-corrected chi connectivity index (χ4v) is 3.02. The van der Waals surface area contributed by atoms with E-state index in [0.717, 1.165) is 19.3 Å². The molecule has 23 heavy (non-hydrogen) atoms. The second-order valence-corrected chi connectivity index (χ2v) is 6.26. The van der Waals surface area contributed by atoms with Gasteiger partial charge in [0.1, 0.15) is 0 Å². The Morgan fingerprint density at radius 2 is 2.17 bits per heavy atom. The van der Waals surface area contributed by atoms with E-state index < -0.39 is 0 Å². The number of nitrogens with zero attached hydrogens (tertiary/aromatic N) is 3. The highest BCUT2D eigenvalue weighted by Crippen LogP contribution is 2.31. The number of likely N-dealkylation sites (N-methyl/N-ethyl adjacent to an activating group) is 1. The van der Waals surface area contributed by atoms with Crippen LogP contribution in [0.5, 0.6) is 0 Å². The molecule has 1 heterocycles. The largest absolute Gasteiger partial charge is 0.368 e. The van der Waals surface area contributed by atoms with Crippen molar-refractivity contribution in [3.8, 4) is 0 Å². The van der Waals surface area contributed by atoms with E-state index in [4.69, 9.17) is 5.73 Å². The number of carbonyl (C=O) groups excluding carboxylic acids is 2. The Balaban J connectivity index is 1.83. The molecule has 1 aliphatic carbocycles. The number of rotatable bonds is 5. The molecule has 2 unspecified atom stereocenters. The highest BCUT2D eigenvalue weighted by Gasteiger charge is 2.29. The van der Waals surface area contributed by atoms with E-state index in [0.29, 0.717) is 30.3 Å². The van der Waals surface area contributed by atoms with Crippen LogP contribution in [0.15, 0.2) is 6.20 Å². The number of hydrogen-bond acceptors (Lipinski definition) is 5. The number of amides is 2. The molecular formula is C16H25N5O2. The summed E-state index contributed by atoms with van der Waals surface area (Å²) in [4.78, 5) is 33.9. The Kier molecular flexibility index (Phi) is 5.52. The molecule has 126 valence electrons. The average Bonchev–Trinajstić information content (AvgIpc) is 2.92. The third-order valence-corrected chi connectivity index (χ3v) is 4.52. The van der Waals surface area contributed by atoms with E-state index in [1.54, 1.807) is 18.9 Å². The maximum absolute atomic E-state index is 12.4. The molecular weight excluding hydrogens is 294 g/mol. The molecule has 7 nitrogen and oxygen atoms in total. The smallest absolute Gasteiger partial charge is 0.257 e. The van der Waals surface area contributed by atoms with Crippen LogP contribution in [-0.2, 0) is 4.79 Å². The van der Waals surface area contributed by atoms with Gasteiger partial charge in [-0.1, -0.05) is 13.3 Å². The normalized spacial score (nSPS) is 20.3. The van der Waals surface area contributed by atoms with Crippen molar-refractivity contribution in [2.45, 2.75) is 33.1 Å². The van der Waals surface area contributed by atoms with E-state index in [1.165, 1.54) is 6.20 Å². The van der Waals surface area contributed by atoms with Crippen LogP contribution in [0.3, 0.4) is 0 Å². The summed E-state index contributed by atoms with van der Waals surface area (Å²) in [5, 5.41) is 2.93. The first-order chi connectivity index (χ1) is 10.9. The molecule has 0 saturated heterocycles. The number of nitrogens with one attached hydrogen (secondary N) is 1. The lowest BCUT2D eigenvalue weighted by Crippen LogP contribution is -2.39. The molecule has 0 spiro atoms. The summed E-state index contributed by atoms with van der Waals surface area (Å²) >= 11 is 0. The number of aromatic nitrogens is 2. The summed E-state index contributed by atoms with van der Waals surface area (Å²) < 4.78 is 0. The second kappa shape index (κ2) is 7.39. The van der Waals surface area contributed by atoms with Crippen molar-refractivity contribution in [3.63, 3.8) is 0 Å². The molecule has 1 saturated carbocycles. The van der Waals surface area contributed by atoms with Crippen LogP contribution >= 0.6 is 0 Å². The second-order valence-electron chi connectivity index (χ2n) is 6.26. The van der Waals surface area contributed by atoms with Crippen molar-refractivity contribution in [2.24, 2.45) is 11.8 Å². The maximum Gasteiger partial charge on any atom is 0.257 e. The Morgan fingerprint density at radius 1 is 1.43 bits per heavy atom. The summed E-state index contributed by atoms with van der Waals surface area (Å²) in [6, 6.07) is 0. The number of hydrogen-bond donors (Lipinski definition) is 2. The predicted molar refractivity (Wildman–Crippen MR) is 87.7 cm³/mol. The van der Waals surface area contributed by atoms with Gasteiger partial charge in [-0.05, 0) is 25.7 Å². The Morgan fingerprint density at radius 3 is 2.78 bits per heavy atom. The zero-order chi connectivity index (χ0) is 17.0. The molecule has 1 fully saturated rings. The van der Waals surface area contributed by atoms with Gasteiger partial charge in [-0.3, -0.25) is 9.59 Å². The van der Waals surface area contributed by atoms with Gasteiger partial charge in [0.25, 0.3) is 5.91 Å². The van der Waals surface area contributed by atoms with Crippen LogP contribution in [0.25, 0.3) is 0 Å². The quantitative estimate of drug-likeness (QED) is 0.843. The molecule has 2 rings (SSSR count). The van der Waals surface area contributed by atoms with Crippen molar-refractivity contribution in [2.75, 3.05) is 25.9 Å². The average molecular weight is 319 g/mol. The van der Waals surface area contributed by atoms with Gasteiger partial charge in [-0.2, -0.15) is 0 Å². The van der Waals surface area contributed by atoms with Gasteiger partial charge in [-0.25, -0.2) is 9.97 Å². The maximum atomic E-state index is 12.4. The first-order valence-electron chi connectivity index (χ1n) is 8.02. The molecule has 1 aromatic heterocycles. The monoisotopic (exact) mass is 319 g/mol. The Bertz CT molecular complexity index is 590. The minimum absolute atomic E-state index is 0.0999. The minimum atomic E-state index is -0.175. The fraction of sp³-hybridized carbons (Fsp3) is 0.625. The Hall–Kier alpha value is -2.18. The van der Waals surface area contributed by atoms with E-state index in [1.807, 2.05) is 0 Å². The summed E-state index contributed by atoms with van der Waals surface area (Å²) in [6.45, 7) is 4.73. The molecule has 3 N–H and O–H groups in total. The number of carbonyl (C=O) groups is 2. The van der Waals surface area contributed by atoms with Crippen LogP contribution in [-0.4, -0.2) is 46.8 Å². The van der Waals surface area contributed by atoms with Crippen molar-refractivity contribution < 1.29 is 9.59 Å². The number of nitrogens with two attached hydrogens (primary N) is 1. The summed E-state index contributed by atoms with van der Waals surface area (Å²) in [6.07, 6.45) is 4.64. The lowest BCUT2D eigenvalue weighted by molar-refractivity contribution is -0.125. The number of aryl methyl sites for hydroxylation is 1. The molecule has 0 aromatic carbocycles. The highest BCUT2D eigenvalue weighted by molar-refractivity contribution is 5.94. The number of anilines is 1. The third kappa shape index (κ3) is 4.18. The van der Waals surface area contributed by atoms with E-state index in [9.17, 15) is 9.59 Å².